The van der Waals surface area contributed by atoms with Crippen molar-refractivity contribution < 1.29 is 23.9 Å². The van der Waals surface area contributed by atoms with Crippen molar-refractivity contribution in [3.8, 4) is 5.75 Å². The smallest absolute Gasteiger partial charge is 0.302 e. The van der Waals surface area contributed by atoms with E-state index < -0.39 is 0 Å². The minimum atomic E-state index is -0.252. The highest BCUT2D eigenvalue weighted by Gasteiger charge is 2.22. The molecule has 1 aliphatic carbocycles. The average molecular weight is 782 g/mol. The average Bonchev–Trinajstić information content (AvgIpc) is 3.46. The van der Waals surface area contributed by atoms with Crippen molar-refractivity contribution in [2.75, 3.05) is 32.5 Å². The van der Waals surface area contributed by atoms with Gasteiger partial charge < -0.3 is 20.5 Å². The number of benzene rings is 3. The van der Waals surface area contributed by atoms with Crippen molar-refractivity contribution in [2.24, 2.45) is 0 Å². The normalized spacial score (nSPS) is 13.1. The number of aromatic nitrogens is 1. The van der Waals surface area contributed by atoms with E-state index in [0.717, 1.165) is 64.7 Å². The van der Waals surface area contributed by atoms with E-state index in [9.17, 15) is 14.4 Å². The lowest BCUT2D eigenvalue weighted by atomic mass is 9.93. The second-order valence-electron chi connectivity index (χ2n) is 12.9. The number of nitrogens with two attached hydrogens (primary N) is 1. The molecule has 0 unspecified atom stereocenters. The number of halogens is 2. The molecule has 0 atom stereocenters. The molecule has 1 aliphatic rings. The number of ether oxygens (including phenoxy) is 2. The highest BCUT2D eigenvalue weighted by molar-refractivity contribution is 9.10. The predicted octanol–water partition coefficient (Wildman–Crippen LogP) is 8.95. The zero-order chi connectivity index (χ0) is 36.9. The van der Waals surface area contributed by atoms with Crippen molar-refractivity contribution in [1.29, 1.82) is 0 Å². The SMILES string of the molecule is CCN(Cc1cc(C(=O)NCCCCCOC(C)=O)cc(Br)c1N)C1CCCCC1.COc1ccc2c(c1)cc(C)n2C(=O)c1ccc(Cl)cc1. The summed E-state index contributed by atoms with van der Waals surface area (Å²) >= 11 is 9.40. The fourth-order valence-corrected chi connectivity index (χ4v) is 7.10. The molecule has 274 valence electrons. The molecule has 1 saturated carbocycles. The van der Waals surface area contributed by atoms with Gasteiger partial charge >= 0.3 is 5.97 Å². The predicted molar refractivity (Wildman–Crippen MR) is 209 cm³/mol. The maximum atomic E-state index is 12.7. The molecule has 0 saturated heterocycles. The first-order valence-electron chi connectivity index (χ1n) is 17.7. The molecular weight excluding hydrogens is 732 g/mol. The number of fused-ring (bicyclic) bond motifs is 1. The second kappa shape index (κ2) is 19.7. The van der Waals surface area contributed by atoms with Crippen LogP contribution in [0.2, 0.25) is 5.02 Å². The van der Waals surface area contributed by atoms with Crippen LogP contribution in [0.3, 0.4) is 0 Å². The molecule has 0 aliphatic heterocycles. The third-order valence-corrected chi connectivity index (χ3v) is 10.2. The molecule has 3 aromatic carbocycles. The van der Waals surface area contributed by atoms with E-state index in [2.05, 4.69) is 33.1 Å². The number of rotatable bonds is 13. The maximum Gasteiger partial charge on any atom is 0.302 e. The summed E-state index contributed by atoms with van der Waals surface area (Å²) in [6, 6.07) is 18.9. The minimum Gasteiger partial charge on any atom is -0.497 e. The molecule has 9 nitrogen and oxygen atoms in total. The minimum absolute atomic E-state index is 0.0654. The van der Waals surface area contributed by atoms with E-state index in [0.29, 0.717) is 41.0 Å². The molecule has 5 rings (SSSR count). The lowest BCUT2D eigenvalue weighted by Gasteiger charge is -2.34. The van der Waals surface area contributed by atoms with Crippen LogP contribution in [0.4, 0.5) is 5.69 Å². The summed E-state index contributed by atoms with van der Waals surface area (Å²) in [4.78, 5) is 38.6. The summed E-state index contributed by atoms with van der Waals surface area (Å²) in [7, 11) is 1.63. The van der Waals surface area contributed by atoms with Crippen molar-refractivity contribution in [3.63, 3.8) is 0 Å². The molecule has 51 heavy (non-hydrogen) atoms. The van der Waals surface area contributed by atoms with Gasteiger partial charge in [0.1, 0.15) is 5.75 Å². The van der Waals surface area contributed by atoms with Gasteiger partial charge in [0.15, 0.2) is 0 Å². The number of hydrogen-bond donors (Lipinski definition) is 2. The molecule has 1 amide bonds. The monoisotopic (exact) mass is 780 g/mol. The molecule has 0 spiro atoms. The van der Waals surface area contributed by atoms with Crippen LogP contribution in [0, 0.1) is 6.92 Å². The quantitative estimate of drug-likeness (QED) is 0.0791. The van der Waals surface area contributed by atoms with Gasteiger partial charge in [-0.25, -0.2) is 0 Å². The lowest BCUT2D eigenvalue weighted by Crippen LogP contribution is -2.36. The molecule has 1 aromatic heterocycles. The Morgan fingerprint density at radius 1 is 0.980 bits per heavy atom. The number of esters is 1. The van der Waals surface area contributed by atoms with Crippen LogP contribution < -0.4 is 15.8 Å². The fourth-order valence-electron chi connectivity index (χ4n) is 6.47. The highest BCUT2D eigenvalue weighted by Crippen LogP contribution is 2.30. The van der Waals surface area contributed by atoms with Crippen LogP contribution in [0.15, 0.2) is 65.1 Å². The number of carbonyl (C=O) groups excluding carboxylic acids is 3. The summed E-state index contributed by atoms with van der Waals surface area (Å²) < 4.78 is 12.6. The summed E-state index contributed by atoms with van der Waals surface area (Å²) in [5.74, 6) is 0.374. The lowest BCUT2D eigenvalue weighted by molar-refractivity contribution is -0.141. The van der Waals surface area contributed by atoms with E-state index in [1.807, 2.05) is 37.3 Å². The Bertz CT molecular complexity index is 1790. The summed E-state index contributed by atoms with van der Waals surface area (Å²) in [5.41, 5.74) is 11.0. The van der Waals surface area contributed by atoms with Crippen molar-refractivity contribution in [2.45, 2.75) is 84.7 Å². The van der Waals surface area contributed by atoms with Gasteiger partial charge in [-0.1, -0.05) is 37.8 Å². The standard InChI is InChI=1S/C23H36BrN3O3.C17H14ClNO2/c1-3-27(20-10-6-4-7-11-20)16-19-14-18(15-21(24)22(19)25)23(29)26-12-8-5-9-13-30-17(2)28;1-11-9-13-10-15(21-2)7-8-16(13)19(11)17(20)12-3-5-14(18)6-4-12/h14-15,20H,3-13,16,25H2,1-2H3,(H,26,29);3-10H,1-2H3. The van der Waals surface area contributed by atoms with Crippen molar-refractivity contribution in [3.05, 3.63) is 92.5 Å². The molecular formula is C40H50BrClN4O5. The van der Waals surface area contributed by atoms with Crippen LogP contribution in [0.25, 0.3) is 10.9 Å². The first kappa shape index (κ1) is 39.9. The number of amides is 1. The molecule has 3 N–H and O–H groups in total. The first-order chi connectivity index (χ1) is 24.5. The van der Waals surface area contributed by atoms with E-state index >= 15 is 0 Å². The Morgan fingerprint density at radius 2 is 1.71 bits per heavy atom. The Labute approximate surface area is 314 Å². The number of nitrogens with zero attached hydrogens (tertiary/aromatic N) is 2. The maximum absolute atomic E-state index is 12.7. The van der Waals surface area contributed by atoms with Crippen LogP contribution in [0.5, 0.6) is 5.75 Å². The van der Waals surface area contributed by atoms with Gasteiger partial charge in [0.05, 0.1) is 24.9 Å². The number of aryl methyl sites for hydroxylation is 1. The Hall–Kier alpha value is -3.86. The number of hydrogen-bond acceptors (Lipinski definition) is 7. The molecule has 11 heteroatoms. The van der Waals surface area contributed by atoms with Gasteiger partial charge in [0, 0.05) is 57.8 Å². The topological polar surface area (TPSA) is 116 Å². The van der Waals surface area contributed by atoms with Gasteiger partial charge in [-0.2, -0.15) is 0 Å². The van der Waals surface area contributed by atoms with Gasteiger partial charge in [0.25, 0.3) is 11.8 Å². The van der Waals surface area contributed by atoms with E-state index in [1.54, 1.807) is 42.0 Å². The first-order valence-corrected chi connectivity index (χ1v) is 18.9. The zero-order valence-electron chi connectivity index (χ0n) is 30.1. The molecule has 0 radical (unpaired) electrons. The van der Waals surface area contributed by atoms with E-state index in [4.69, 9.17) is 26.8 Å². The van der Waals surface area contributed by atoms with Crippen LogP contribution in [-0.4, -0.2) is 60.1 Å². The molecule has 1 heterocycles. The van der Waals surface area contributed by atoms with E-state index in [-0.39, 0.29) is 17.8 Å². The Balaban J connectivity index is 0.000000242. The number of unbranched alkanes of at least 4 members (excludes halogenated alkanes) is 2. The number of nitrogens with one attached hydrogen (secondary N) is 1. The van der Waals surface area contributed by atoms with Gasteiger partial charge in [0.2, 0.25) is 0 Å². The number of anilines is 1. The van der Waals surface area contributed by atoms with Gasteiger partial charge in [-0.05, 0) is 128 Å². The third kappa shape index (κ3) is 11.3. The second-order valence-corrected chi connectivity index (χ2v) is 14.2. The Kier molecular flexibility index (Phi) is 15.4. The zero-order valence-corrected chi connectivity index (χ0v) is 32.4. The van der Waals surface area contributed by atoms with E-state index in [1.165, 1.54) is 39.0 Å². The van der Waals surface area contributed by atoms with Gasteiger partial charge in [-0.3, -0.25) is 23.9 Å². The van der Waals surface area contributed by atoms with Crippen LogP contribution in [0.1, 0.15) is 97.2 Å². The molecule has 1 fully saturated rings. The van der Waals surface area contributed by atoms with Crippen molar-refractivity contribution >= 4 is 61.9 Å². The molecule has 0 bridgehead atoms. The van der Waals surface area contributed by atoms with Crippen LogP contribution in [-0.2, 0) is 16.1 Å². The van der Waals surface area contributed by atoms with Gasteiger partial charge in [-0.15, -0.1) is 0 Å². The largest absolute Gasteiger partial charge is 0.497 e. The highest BCUT2D eigenvalue weighted by atomic mass is 79.9. The number of nitrogen functional groups attached to an aromatic ring is 1. The Morgan fingerprint density at radius 3 is 2.37 bits per heavy atom. The molecule has 4 aromatic rings. The third-order valence-electron chi connectivity index (χ3n) is 9.25. The fraction of sp³-hybridized carbons (Fsp3) is 0.425. The number of carbonyl (C=O) groups is 3. The number of methoxy groups -OCH3 is 1. The summed E-state index contributed by atoms with van der Waals surface area (Å²) in [6.07, 6.45) is 8.97. The summed E-state index contributed by atoms with van der Waals surface area (Å²) in [6.45, 7) is 8.30. The van der Waals surface area contributed by atoms with Crippen LogP contribution >= 0.6 is 27.5 Å². The summed E-state index contributed by atoms with van der Waals surface area (Å²) in [5, 5.41) is 4.58. The van der Waals surface area contributed by atoms with Crippen molar-refractivity contribution in [1.82, 2.24) is 14.8 Å².